The van der Waals surface area contributed by atoms with Gasteiger partial charge in [-0.3, -0.25) is 4.79 Å². The standard InChI is InChI=1S/C12H14BrClN2O3/c1-2-16(6-5-11(17)18)12(19)15-10-4-3-8(14)7-9(10)13/h3-4,7H,2,5-6H2,1H3,(H,15,19)(H,17,18). The number of hydrogen-bond donors (Lipinski definition) is 2. The van der Waals surface area contributed by atoms with Crippen molar-refractivity contribution in [2.75, 3.05) is 18.4 Å². The lowest BCUT2D eigenvalue weighted by atomic mass is 10.3. The van der Waals surface area contributed by atoms with Crippen LogP contribution in [-0.4, -0.2) is 35.1 Å². The van der Waals surface area contributed by atoms with Crippen LogP contribution < -0.4 is 5.32 Å². The third kappa shape index (κ3) is 5.08. The molecule has 0 saturated carbocycles. The van der Waals surface area contributed by atoms with E-state index in [1.807, 2.05) is 0 Å². The molecule has 0 aromatic heterocycles. The average Bonchev–Trinajstić information content (AvgIpc) is 2.33. The number of carboxylic acids is 1. The Kier molecular flexibility index (Phi) is 6.11. The van der Waals surface area contributed by atoms with Gasteiger partial charge in [-0.15, -0.1) is 0 Å². The Labute approximate surface area is 124 Å². The van der Waals surface area contributed by atoms with E-state index in [1.165, 1.54) is 4.90 Å². The second-order valence-corrected chi connectivity index (χ2v) is 5.07. The lowest BCUT2D eigenvalue weighted by Crippen LogP contribution is -2.36. The van der Waals surface area contributed by atoms with Crippen molar-refractivity contribution in [3.63, 3.8) is 0 Å². The minimum atomic E-state index is -0.932. The number of aliphatic carboxylic acids is 1. The first kappa shape index (κ1) is 15.8. The van der Waals surface area contributed by atoms with Crippen LogP contribution in [0.4, 0.5) is 10.5 Å². The van der Waals surface area contributed by atoms with Crippen LogP contribution in [0, 0.1) is 0 Å². The van der Waals surface area contributed by atoms with Crippen molar-refractivity contribution < 1.29 is 14.7 Å². The molecular formula is C12H14BrClN2O3. The van der Waals surface area contributed by atoms with Crippen molar-refractivity contribution in [3.8, 4) is 0 Å². The maximum atomic E-state index is 12.0. The molecule has 7 heteroatoms. The number of nitrogens with one attached hydrogen (secondary N) is 1. The normalized spacial score (nSPS) is 10.1. The highest BCUT2D eigenvalue weighted by molar-refractivity contribution is 9.10. The molecule has 0 spiro atoms. The van der Waals surface area contributed by atoms with Crippen LogP contribution in [0.15, 0.2) is 22.7 Å². The van der Waals surface area contributed by atoms with Crippen LogP contribution in [-0.2, 0) is 4.79 Å². The van der Waals surface area contributed by atoms with E-state index in [1.54, 1.807) is 25.1 Å². The highest BCUT2D eigenvalue weighted by atomic mass is 79.9. The molecule has 0 heterocycles. The molecule has 2 N–H and O–H groups in total. The zero-order valence-corrected chi connectivity index (χ0v) is 12.7. The number of rotatable bonds is 5. The monoisotopic (exact) mass is 348 g/mol. The Balaban J connectivity index is 2.68. The molecule has 0 radical (unpaired) electrons. The summed E-state index contributed by atoms with van der Waals surface area (Å²) in [5.74, 6) is -0.932. The number of anilines is 1. The SMILES string of the molecule is CCN(CCC(=O)O)C(=O)Nc1ccc(Cl)cc1Br. The molecule has 0 bridgehead atoms. The lowest BCUT2D eigenvalue weighted by Gasteiger charge is -2.21. The molecule has 0 aliphatic carbocycles. The van der Waals surface area contributed by atoms with Crippen LogP contribution in [0.3, 0.4) is 0 Å². The first-order valence-corrected chi connectivity index (χ1v) is 6.84. The fourth-order valence-corrected chi connectivity index (χ4v) is 2.20. The van der Waals surface area contributed by atoms with E-state index >= 15 is 0 Å². The second-order valence-electron chi connectivity index (χ2n) is 3.78. The summed E-state index contributed by atoms with van der Waals surface area (Å²) in [5.41, 5.74) is 0.586. The summed E-state index contributed by atoms with van der Waals surface area (Å²) in [6, 6.07) is 4.67. The van der Waals surface area contributed by atoms with Crippen LogP contribution in [0.5, 0.6) is 0 Å². The van der Waals surface area contributed by atoms with Crippen molar-refractivity contribution in [1.29, 1.82) is 0 Å². The molecule has 0 aliphatic rings. The highest BCUT2D eigenvalue weighted by Crippen LogP contribution is 2.26. The summed E-state index contributed by atoms with van der Waals surface area (Å²) < 4.78 is 0.669. The van der Waals surface area contributed by atoms with Gasteiger partial charge in [0.2, 0.25) is 0 Å². The van der Waals surface area contributed by atoms with E-state index in [-0.39, 0.29) is 19.0 Å². The third-order valence-corrected chi connectivity index (χ3v) is 3.33. The molecule has 0 saturated heterocycles. The Hall–Kier alpha value is -1.27. The molecule has 104 valence electrons. The number of urea groups is 1. The van der Waals surface area contributed by atoms with E-state index in [4.69, 9.17) is 16.7 Å². The van der Waals surface area contributed by atoms with Gasteiger partial charge in [0.1, 0.15) is 0 Å². The maximum Gasteiger partial charge on any atom is 0.321 e. The Bertz CT molecular complexity index is 482. The summed E-state index contributed by atoms with van der Waals surface area (Å²) in [6.45, 7) is 2.39. The number of carboxylic acid groups (broad SMARTS) is 1. The van der Waals surface area contributed by atoms with Gasteiger partial charge in [0.05, 0.1) is 12.1 Å². The maximum absolute atomic E-state index is 12.0. The van der Waals surface area contributed by atoms with Gasteiger partial charge in [0, 0.05) is 22.6 Å². The van der Waals surface area contributed by atoms with Gasteiger partial charge in [0.25, 0.3) is 0 Å². The number of carbonyl (C=O) groups is 2. The van der Waals surface area contributed by atoms with Crippen molar-refractivity contribution in [2.45, 2.75) is 13.3 Å². The molecule has 5 nitrogen and oxygen atoms in total. The fraction of sp³-hybridized carbons (Fsp3) is 0.333. The summed E-state index contributed by atoms with van der Waals surface area (Å²) in [6.07, 6.45) is -0.0803. The van der Waals surface area contributed by atoms with Gasteiger partial charge >= 0.3 is 12.0 Å². The first-order valence-electron chi connectivity index (χ1n) is 5.66. The van der Waals surface area contributed by atoms with E-state index in [2.05, 4.69) is 21.2 Å². The highest BCUT2D eigenvalue weighted by Gasteiger charge is 2.14. The largest absolute Gasteiger partial charge is 0.481 e. The van der Waals surface area contributed by atoms with Gasteiger partial charge in [-0.1, -0.05) is 11.6 Å². The van der Waals surface area contributed by atoms with E-state index < -0.39 is 5.97 Å². The summed E-state index contributed by atoms with van der Waals surface area (Å²) in [5, 5.41) is 11.9. The van der Waals surface area contributed by atoms with E-state index in [0.29, 0.717) is 21.7 Å². The van der Waals surface area contributed by atoms with Gasteiger partial charge in [-0.25, -0.2) is 4.79 Å². The van der Waals surface area contributed by atoms with Crippen LogP contribution in [0.25, 0.3) is 0 Å². The molecule has 1 aromatic carbocycles. The van der Waals surface area contributed by atoms with Crippen LogP contribution in [0.1, 0.15) is 13.3 Å². The van der Waals surface area contributed by atoms with Gasteiger partial charge in [-0.2, -0.15) is 0 Å². The zero-order chi connectivity index (χ0) is 14.4. The summed E-state index contributed by atoms with van der Waals surface area (Å²) in [7, 11) is 0. The average molecular weight is 350 g/mol. The van der Waals surface area contributed by atoms with Crippen LogP contribution in [0.2, 0.25) is 5.02 Å². The van der Waals surface area contributed by atoms with Crippen molar-refractivity contribution in [2.24, 2.45) is 0 Å². The molecule has 1 rings (SSSR count). The molecule has 0 unspecified atom stereocenters. The number of benzene rings is 1. The molecule has 0 aliphatic heterocycles. The predicted octanol–water partition coefficient (Wildman–Crippen LogP) is 3.43. The van der Waals surface area contributed by atoms with Crippen LogP contribution >= 0.6 is 27.5 Å². The van der Waals surface area contributed by atoms with E-state index in [9.17, 15) is 9.59 Å². The predicted molar refractivity (Wildman–Crippen MR) is 77.7 cm³/mol. The minimum Gasteiger partial charge on any atom is -0.481 e. The van der Waals surface area contributed by atoms with Crippen molar-refractivity contribution >= 4 is 45.2 Å². The Morgan fingerprint density at radius 3 is 2.68 bits per heavy atom. The topological polar surface area (TPSA) is 69.6 Å². The van der Waals surface area contributed by atoms with Gasteiger partial charge < -0.3 is 15.3 Å². The number of nitrogens with zero attached hydrogens (tertiary/aromatic N) is 1. The quantitative estimate of drug-likeness (QED) is 0.855. The second kappa shape index (κ2) is 7.35. The molecule has 0 fully saturated rings. The number of carbonyl (C=O) groups excluding carboxylic acids is 1. The number of hydrogen-bond acceptors (Lipinski definition) is 2. The Morgan fingerprint density at radius 2 is 2.16 bits per heavy atom. The fourth-order valence-electron chi connectivity index (χ4n) is 1.42. The first-order chi connectivity index (χ1) is 8.93. The molecule has 1 aromatic rings. The lowest BCUT2D eigenvalue weighted by molar-refractivity contribution is -0.137. The van der Waals surface area contributed by atoms with Gasteiger partial charge in [0.15, 0.2) is 0 Å². The van der Waals surface area contributed by atoms with E-state index in [0.717, 1.165) is 0 Å². The van der Waals surface area contributed by atoms with Gasteiger partial charge in [-0.05, 0) is 41.1 Å². The van der Waals surface area contributed by atoms with Crippen molar-refractivity contribution in [1.82, 2.24) is 4.90 Å². The molecule has 19 heavy (non-hydrogen) atoms. The summed E-state index contributed by atoms with van der Waals surface area (Å²) >= 11 is 9.11. The number of amides is 2. The smallest absolute Gasteiger partial charge is 0.321 e. The minimum absolute atomic E-state index is 0.0803. The molecule has 0 atom stereocenters. The third-order valence-electron chi connectivity index (χ3n) is 2.44. The summed E-state index contributed by atoms with van der Waals surface area (Å²) in [4.78, 5) is 23.9. The Morgan fingerprint density at radius 1 is 1.47 bits per heavy atom. The number of halogens is 2. The zero-order valence-electron chi connectivity index (χ0n) is 10.3. The molecule has 2 amide bonds. The molecular weight excluding hydrogens is 335 g/mol. The van der Waals surface area contributed by atoms with Crippen molar-refractivity contribution in [3.05, 3.63) is 27.7 Å².